The Labute approximate surface area is 69.9 Å². The number of carboxylic acids is 1. The van der Waals surface area contributed by atoms with E-state index in [0.29, 0.717) is 5.82 Å². The molecular formula is C6H11O5P. The fourth-order valence-corrected chi connectivity index (χ4v) is 0.899. The van der Waals surface area contributed by atoms with E-state index < -0.39 is 19.5 Å². The summed E-state index contributed by atoms with van der Waals surface area (Å²) in [4.78, 5) is 26.9. The van der Waals surface area contributed by atoms with Crippen molar-refractivity contribution in [3.05, 3.63) is 11.9 Å². The molecule has 0 radical (unpaired) electrons. The lowest BCUT2D eigenvalue weighted by Gasteiger charge is -2.00. The first-order valence-corrected chi connectivity index (χ1v) is 4.97. The summed E-state index contributed by atoms with van der Waals surface area (Å²) in [5.74, 6) is -0.884. The fourth-order valence-electron chi connectivity index (χ4n) is 0.503. The van der Waals surface area contributed by atoms with Crippen LogP contribution in [0.5, 0.6) is 0 Å². The van der Waals surface area contributed by atoms with Gasteiger partial charge in [-0.05, 0) is 6.42 Å². The lowest BCUT2D eigenvalue weighted by atomic mass is 10.1. The highest BCUT2D eigenvalue weighted by Crippen LogP contribution is 2.36. The second-order valence-corrected chi connectivity index (χ2v) is 3.93. The van der Waals surface area contributed by atoms with Crippen molar-refractivity contribution in [1.82, 2.24) is 0 Å². The van der Waals surface area contributed by atoms with Crippen LogP contribution in [0.15, 0.2) is 11.9 Å². The molecule has 0 aromatic carbocycles. The Kier molecular flexibility index (Phi) is 4.17. The zero-order valence-electron chi connectivity index (χ0n) is 6.54. The SMILES string of the molecule is CC(CC=CP(=O)(O)O)C(=O)O. The lowest BCUT2D eigenvalue weighted by Crippen LogP contribution is -2.07. The molecule has 0 rings (SSSR count). The third kappa shape index (κ3) is 6.09. The Hall–Kier alpha value is -0.640. The molecule has 0 bridgehead atoms. The summed E-state index contributed by atoms with van der Waals surface area (Å²) < 4.78 is 10.2. The molecule has 0 aliphatic rings. The van der Waals surface area contributed by atoms with Gasteiger partial charge in [0.2, 0.25) is 0 Å². The average molecular weight is 194 g/mol. The fraction of sp³-hybridized carbons (Fsp3) is 0.500. The van der Waals surface area contributed by atoms with Crippen LogP contribution in [0.1, 0.15) is 13.3 Å². The Morgan fingerprint density at radius 3 is 2.42 bits per heavy atom. The zero-order chi connectivity index (χ0) is 9.78. The quantitative estimate of drug-likeness (QED) is 0.575. The van der Waals surface area contributed by atoms with Gasteiger partial charge in [0.1, 0.15) is 0 Å². The summed E-state index contributed by atoms with van der Waals surface area (Å²) in [5, 5.41) is 8.38. The minimum absolute atomic E-state index is 0.125. The van der Waals surface area contributed by atoms with Crippen molar-refractivity contribution in [2.45, 2.75) is 13.3 Å². The van der Waals surface area contributed by atoms with Gasteiger partial charge in [-0.2, -0.15) is 0 Å². The molecule has 0 spiro atoms. The number of carbonyl (C=O) groups is 1. The van der Waals surface area contributed by atoms with Gasteiger partial charge in [-0.15, -0.1) is 0 Å². The van der Waals surface area contributed by atoms with Gasteiger partial charge in [-0.25, -0.2) is 0 Å². The molecule has 1 atom stereocenters. The summed E-state index contributed by atoms with van der Waals surface area (Å²) >= 11 is 0. The minimum atomic E-state index is -4.13. The van der Waals surface area contributed by atoms with Crippen molar-refractivity contribution in [3.63, 3.8) is 0 Å². The molecule has 0 saturated carbocycles. The molecule has 70 valence electrons. The van der Waals surface area contributed by atoms with E-state index in [0.717, 1.165) is 0 Å². The molecule has 5 nitrogen and oxygen atoms in total. The molecule has 6 heteroatoms. The maximum atomic E-state index is 10.2. The zero-order valence-corrected chi connectivity index (χ0v) is 7.44. The van der Waals surface area contributed by atoms with Crippen LogP contribution in [0.25, 0.3) is 0 Å². The van der Waals surface area contributed by atoms with Gasteiger partial charge in [0, 0.05) is 5.82 Å². The molecular weight excluding hydrogens is 183 g/mol. The van der Waals surface area contributed by atoms with Gasteiger partial charge in [0.25, 0.3) is 0 Å². The van der Waals surface area contributed by atoms with Gasteiger partial charge in [-0.3, -0.25) is 9.36 Å². The van der Waals surface area contributed by atoms with E-state index in [9.17, 15) is 9.36 Å². The van der Waals surface area contributed by atoms with Crippen LogP contribution in [0.4, 0.5) is 0 Å². The Morgan fingerprint density at radius 2 is 2.08 bits per heavy atom. The molecule has 0 aromatic rings. The topological polar surface area (TPSA) is 94.8 Å². The van der Waals surface area contributed by atoms with Crippen molar-refractivity contribution in [3.8, 4) is 0 Å². The van der Waals surface area contributed by atoms with E-state index >= 15 is 0 Å². The molecule has 0 fully saturated rings. The standard InChI is InChI=1S/C6H11O5P/c1-5(6(7)8)3-2-4-12(9,10)11/h2,4-5H,3H2,1H3,(H,7,8)(H2,9,10,11). The number of rotatable bonds is 4. The Balaban J connectivity index is 3.92. The van der Waals surface area contributed by atoms with Gasteiger partial charge >= 0.3 is 13.6 Å². The summed E-state index contributed by atoms with van der Waals surface area (Å²) in [6.07, 6.45) is 1.31. The average Bonchev–Trinajstić information content (AvgIpc) is 1.84. The highest BCUT2D eigenvalue weighted by Gasteiger charge is 2.10. The van der Waals surface area contributed by atoms with Crippen LogP contribution < -0.4 is 0 Å². The van der Waals surface area contributed by atoms with Crippen molar-refractivity contribution < 1.29 is 24.3 Å². The van der Waals surface area contributed by atoms with Gasteiger partial charge in [-0.1, -0.05) is 13.0 Å². The Morgan fingerprint density at radius 1 is 1.58 bits per heavy atom. The second-order valence-electron chi connectivity index (χ2n) is 2.45. The smallest absolute Gasteiger partial charge is 0.348 e. The maximum Gasteiger partial charge on any atom is 0.348 e. The van der Waals surface area contributed by atoms with E-state index in [-0.39, 0.29) is 6.42 Å². The van der Waals surface area contributed by atoms with Crippen molar-refractivity contribution in [2.24, 2.45) is 5.92 Å². The predicted octanol–water partition coefficient (Wildman–Crippen LogP) is 0.789. The van der Waals surface area contributed by atoms with Crippen LogP contribution in [0.3, 0.4) is 0 Å². The van der Waals surface area contributed by atoms with Gasteiger partial charge in [0.15, 0.2) is 0 Å². The molecule has 0 aliphatic heterocycles. The lowest BCUT2D eigenvalue weighted by molar-refractivity contribution is -0.140. The summed E-state index contributed by atoms with van der Waals surface area (Å²) in [7, 11) is -4.13. The third-order valence-electron chi connectivity index (χ3n) is 1.21. The third-order valence-corrected chi connectivity index (χ3v) is 1.81. The predicted molar refractivity (Wildman–Crippen MR) is 42.6 cm³/mol. The van der Waals surface area contributed by atoms with Crippen molar-refractivity contribution >= 4 is 13.6 Å². The molecule has 12 heavy (non-hydrogen) atoms. The van der Waals surface area contributed by atoms with Crippen molar-refractivity contribution in [2.75, 3.05) is 0 Å². The summed E-state index contributed by atoms with van der Waals surface area (Å²) in [6.45, 7) is 1.46. The van der Waals surface area contributed by atoms with Crippen LogP contribution in [-0.2, 0) is 9.36 Å². The molecule has 1 unspecified atom stereocenters. The van der Waals surface area contributed by atoms with Gasteiger partial charge < -0.3 is 14.9 Å². The first kappa shape index (κ1) is 11.4. The van der Waals surface area contributed by atoms with E-state index in [1.54, 1.807) is 0 Å². The van der Waals surface area contributed by atoms with E-state index in [1.807, 2.05) is 0 Å². The van der Waals surface area contributed by atoms with E-state index in [1.165, 1.54) is 13.0 Å². The van der Waals surface area contributed by atoms with E-state index in [2.05, 4.69) is 0 Å². The maximum absolute atomic E-state index is 10.2. The first-order valence-electron chi connectivity index (χ1n) is 3.28. The minimum Gasteiger partial charge on any atom is -0.481 e. The number of hydrogen-bond acceptors (Lipinski definition) is 2. The number of aliphatic carboxylic acids is 1. The Bertz CT molecular complexity index is 228. The van der Waals surface area contributed by atoms with Gasteiger partial charge in [0.05, 0.1) is 5.92 Å². The van der Waals surface area contributed by atoms with Crippen LogP contribution >= 0.6 is 7.60 Å². The molecule has 0 aromatic heterocycles. The molecule has 0 heterocycles. The first-order chi connectivity index (χ1) is 5.33. The monoisotopic (exact) mass is 194 g/mol. The van der Waals surface area contributed by atoms with Crippen LogP contribution in [-0.4, -0.2) is 20.9 Å². The highest BCUT2D eigenvalue weighted by molar-refractivity contribution is 7.55. The molecule has 0 aliphatic carbocycles. The molecule has 0 saturated heterocycles. The van der Waals surface area contributed by atoms with Crippen molar-refractivity contribution in [1.29, 1.82) is 0 Å². The molecule has 3 N–H and O–H groups in total. The number of allylic oxidation sites excluding steroid dienone is 1. The highest BCUT2D eigenvalue weighted by atomic mass is 31.2. The van der Waals surface area contributed by atoms with Crippen LogP contribution in [0, 0.1) is 5.92 Å². The normalized spacial score (nSPS) is 14.9. The number of carboxylic acid groups (broad SMARTS) is 1. The number of hydrogen-bond donors (Lipinski definition) is 3. The molecule has 0 amide bonds. The summed E-state index contributed by atoms with van der Waals surface area (Å²) in [5.41, 5.74) is 0. The van der Waals surface area contributed by atoms with E-state index in [4.69, 9.17) is 14.9 Å². The largest absolute Gasteiger partial charge is 0.481 e. The second kappa shape index (κ2) is 4.40. The summed E-state index contributed by atoms with van der Waals surface area (Å²) in [6, 6.07) is 0. The van der Waals surface area contributed by atoms with Crippen LogP contribution in [0.2, 0.25) is 0 Å².